The zero-order chi connectivity index (χ0) is 20.1. The van der Waals surface area contributed by atoms with Crippen molar-refractivity contribution in [2.75, 3.05) is 23.8 Å². The Morgan fingerprint density at radius 1 is 1.04 bits per heavy atom. The van der Waals surface area contributed by atoms with E-state index in [2.05, 4.69) is 10.6 Å². The van der Waals surface area contributed by atoms with E-state index < -0.39 is 24.3 Å². The lowest BCUT2D eigenvalue weighted by Crippen LogP contribution is -2.24. The van der Waals surface area contributed by atoms with E-state index in [1.54, 1.807) is 30.3 Å². The molecule has 0 radical (unpaired) electrons. The van der Waals surface area contributed by atoms with Crippen LogP contribution in [0.1, 0.15) is 0 Å². The fraction of sp³-hybridized carbons (Fsp3) is 0.158. The summed E-state index contributed by atoms with van der Waals surface area (Å²) in [6, 6.07) is 13.7. The highest BCUT2D eigenvalue weighted by atomic mass is 19.4. The van der Waals surface area contributed by atoms with Crippen molar-refractivity contribution in [3.8, 4) is 5.75 Å². The van der Waals surface area contributed by atoms with Crippen LogP contribution in [0.15, 0.2) is 63.8 Å². The van der Waals surface area contributed by atoms with Crippen LogP contribution in [0, 0.1) is 0 Å². The minimum atomic E-state index is -4.38. The third-order valence-electron chi connectivity index (χ3n) is 3.64. The highest BCUT2D eigenvalue weighted by Crippen LogP contribution is 2.24. The number of hydrogen-bond donors (Lipinski definition) is 2. The minimum absolute atomic E-state index is 0.139. The molecule has 1 heterocycles. The van der Waals surface area contributed by atoms with Crippen LogP contribution in [-0.2, 0) is 4.79 Å². The summed E-state index contributed by atoms with van der Waals surface area (Å²) in [6.07, 6.45) is -4.38. The third-order valence-corrected chi connectivity index (χ3v) is 3.64. The van der Waals surface area contributed by atoms with E-state index in [0.29, 0.717) is 16.7 Å². The van der Waals surface area contributed by atoms with E-state index >= 15 is 0 Å². The quantitative estimate of drug-likeness (QED) is 0.624. The summed E-state index contributed by atoms with van der Waals surface area (Å²) in [5.74, 6) is -0.253. The van der Waals surface area contributed by atoms with E-state index in [0.717, 1.165) is 0 Å². The predicted octanol–water partition coefficient (Wildman–Crippen LogP) is 3.78. The highest BCUT2D eigenvalue weighted by Gasteiger charge is 2.27. The Morgan fingerprint density at radius 2 is 1.75 bits per heavy atom. The second-order valence-electron chi connectivity index (χ2n) is 5.81. The van der Waals surface area contributed by atoms with Gasteiger partial charge in [-0.15, -0.1) is 0 Å². The number of halogens is 3. The lowest BCUT2D eigenvalue weighted by molar-refractivity contribution is -0.118. The van der Waals surface area contributed by atoms with E-state index in [4.69, 9.17) is 9.15 Å². The van der Waals surface area contributed by atoms with Gasteiger partial charge in [0, 0.05) is 17.5 Å². The Labute approximate surface area is 156 Å². The fourth-order valence-corrected chi connectivity index (χ4v) is 2.41. The molecule has 0 aliphatic carbocycles. The summed E-state index contributed by atoms with van der Waals surface area (Å²) < 4.78 is 47.6. The van der Waals surface area contributed by atoms with Crippen LogP contribution in [0.3, 0.4) is 0 Å². The number of carbonyl (C=O) groups is 1. The third kappa shape index (κ3) is 5.26. The molecule has 0 unspecified atom stereocenters. The number of nitrogens with one attached hydrogen (secondary N) is 2. The SMILES string of the molecule is O=C(COc1ccc2ccc(=O)oc2c1)Nc1ccccc1NCC(F)(F)F. The van der Waals surface area contributed by atoms with Crippen LogP contribution in [0.5, 0.6) is 5.75 Å². The first-order chi connectivity index (χ1) is 13.3. The first-order valence-electron chi connectivity index (χ1n) is 8.16. The number of anilines is 2. The van der Waals surface area contributed by atoms with Gasteiger partial charge in [-0.2, -0.15) is 13.2 Å². The molecule has 1 aromatic heterocycles. The number of carbonyl (C=O) groups excluding carboxylic acids is 1. The minimum Gasteiger partial charge on any atom is -0.484 e. The average Bonchev–Trinajstić information content (AvgIpc) is 2.64. The molecular weight excluding hydrogens is 377 g/mol. The summed E-state index contributed by atoms with van der Waals surface area (Å²) in [5, 5.41) is 5.43. The molecule has 3 rings (SSSR count). The Kier molecular flexibility index (Phi) is 5.53. The van der Waals surface area contributed by atoms with Crippen molar-refractivity contribution in [1.82, 2.24) is 0 Å². The summed E-state index contributed by atoms with van der Waals surface area (Å²) in [5.41, 5.74) is 0.142. The zero-order valence-corrected chi connectivity index (χ0v) is 14.4. The van der Waals surface area contributed by atoms with Gasteiger partial charge in [-0.05, 0) is 30.3 Å². The van der Waals surface area contributed by atoms with Gasteiger partial charge in [-0.3, -0.25) is 4.79 Å². The monoisotopic (exact) mass is 392 g/mol. The molecule has 9 heteroatoms. The molecular formula is C19H15F3N2O4. The zero-order valence-electron chi connectivity index (χ0n) is 14.4. The normalized spacial score (nSPS) is 11.2. The van der Waals surface area contributed by atoms with Gasteiger partial charge in [0.05, 0.1) is 11.4 Å². The maximum Gasteiger partial charge on any atom is 0.405 e. The number of para-hydroxylation sites is 2. The molecule has 0 aliphatic rings. The number of fused-ring (bicyclic) bond motifs is 1. The summed E-state index contributed by atoms with van der Waals surface area (Å²) >= 11 is 0. The second-order valence-corrected chi connectivity index (χ2v) is 5.81. The van der Waals surface area contributed by atoms with Crippen LogP contribution in [0.25, 0.3) is 11.0 Å². The van der Waals surface area contributed by atoms with Gasteiger partial charge >= 0.3 is 11.8 Å². The maximum absolute atomic E-state index is 12.4. The van der Waals surface area contributed by atoms with E-state index in [1.165, 1.54) is 24.3 Å². The highest BCUT2D eigenvalue weighted by molar-refractivity contribution is 5.95. The van der Waals surface area contributed by atoms with Gasteiger partial charge in [0.25, 0.3) is 5.91 Å². The topological polar surface area (TPSA) is 80.6 Å². The van der Waals surface area contributed by atoms with Crippen molar-refractivity contribution in [3.63, 3.8) is 0 Å². The molecule has 0 aliphatic heterocycles. The number of amides is 1. The lowest BCUT2D eigenvalue weighted by atomic mass is 10.2. The number of alkyl halides is 3. The molecule has 0 spiro atoms. The Morgan fingerprint density at radius 3 is 2.50 bits per heavy atom. The van der Waals surface area contributed by atoms with Crippen LogP contribution < -0.4 is 21.0 Å². The molecule has 0 bridgehead atoms. The summed E-state index contributed by atoms with van der Waals surface area (Å²) in [7, 11) is 0. The van der Waals surface area contributed by atoms with Crippen LogP contribution in [0.4, 0.5) is 24.5 Å². The van der Waals surface area contributed by atoms with Crippen molar-refractivity contribution in [3.05, 3.63) is 65.0 Å². The Balaban J connectivity index is 1.62. The largest absolute Gasteiger partial charge is 0.484 e. The summed E-state index contributed by atoms with van der Waals surface area (Å²) in [4.78, 5) is 23.4. The molecule has 0 saturated heterocycles. The first kappa shape index (κ1) is 19.3. The fourth-order valence-electron chi connectivity index (χ4n) is 2.41. The van der Waals surface area contributed by atoms with Gasteiger partial charge in [0.15, 0.2) is 6.61 Å². The Bertz CT molecular complexity index is 1050. The van der Waals surface area contributed by atoms with Crippen molar-refractivity contribution in [1.29, 1.82) is 0 Å². The second kappa shape index (κ2) is 8.03. The van der Waals surface area contributed by atoms with Gasteiger partial charge in [-0.25, -0.2) is 4.79 Å². The molecule has 6 nitrogen and oxygen atoms in total. The molecule has 2 N–H and O–H groups in total. The molecule has 0 fully saturated rings. The van der Waals surface area contributed by atoms with Gasteiger partial charge < -0.3 is 19.8 Å². The van der Waals surface area contributed by atoms with Crippen molar-refractivity contribution in [2.45, 2.75) is 6.18 Å². The van der Waals surface area contributed by atoms with E-state index in [1.807, 2.05) is 0 Å². The van der Waals surface area contributed by atoms with Crippen molar-refractivity contribution >= 4 is 28.3 Å². The number of benzene rings is 2. The molecule has 3 aromatic rings. The van der Waals surface area contributed by atoms with Crippen LogP contribution in [0.2, 0.25) is 0 Å². The number of ether oxygens (including phenoxy) is 1. The Hall–Kier alpha value is -3.49. The van der Waals surface area contributed by atoms with E-state index in [9.17, 15) is 22.8 Å². The average molecular weight is 392 g/mol. The van der Waals surface area contributed by atoms with Crippen LogP contribution in [-0.4, -0.2) is 25.2 Å². The van der Waals surface area contributed by atoms with Gasteiger partial charge in [0.2, 0.25) is 0 Å². The van der Waals surface area contributed by atoms with Gasteiger partial charge in [0.1, 0.15) is 17.9 Å². The molecule has 146 valence electrons. The van der Waals surface area contributed by atoms with Crippen molar-refractivity contribution in [2.24, 2.45) is 0 Å². The molecule has 1 amide bonds. The lowest BCUT2D eigenvalue weighted by Gasteiger charge is -2.14. The molecule has 2 aromatic carbocycles. The molecule has 0 saturated carbocycles. The first-order valence-corrected chi connectivity index (χ1v) is 8.16. The standard InChI is InChI=1S/C19H15F3N2O4/c20-19(21,22)11-23-14-3-1-2-4-15(14)24-17(25)10-27-13-7-5-12-6-8-18(26)28-16(12)9-13/h1-9,23H,10-11H2,(H,24,25). The number of hydrogen-bond acceptors (Lipinski definition) is 5. The van der Waals surface area contributed by atoms with Gasteiger partial charge in [-0.1, -0.05) is 12.1 Å². The maximum atomic E-state index is 12.4. The predicted molar refractivity (Wildman–Crippen MR) is 97.6 cm³/mol. The summed E-state index contributed by atoms with van der Waals surface area (Å²) in [6.45, 7) is -1.60. The number of rotatable bonds is 6. The van der Waals surface area contributed by atoms with Crippen molar-refractivity contribution < 1.29 is 27.1 Å². The smallest absolute Gasteiger partial charge is 0.405 e. The molecule has 0 atom stereocenters. The molecule has 28 heavy (non-hydrogen) atoms. The van der Waals surface area contributed by atoms with E-state index in [-0.39, 0.29) is 18.0 Å². The van der Waals surface area contributed by atoms with Crippen LogP contribution >= 0.6 is 0 Å².